The molecule has 0 spiro atoms. The van der Waals surface area contributed by atoms with Crippen LogP contribution in [-0.4, -0.2) is 16.6 Å². The molecule has 0 bridgehead atoms. The minimum Gasteiger partial charge on any atom is -0.394 e. The van der Waals surface area contributed by atoms with E-state index in [1.807, 2.05) is 0 Å². The van der Waals surface area contributed by atoms with Crippen LogP contribution >= 0.6 is 11.6 Å². The molecule has 5 nitrogen and oxygen atoms in total. The monoisotopic (exact) mass is 306 g/mol. The van der Waals surface area contributed by atoms with Gasteiger partial charge in [-0.3, -0.25) is 10.1 Å². The van der Waals surface area contributed by atoms with Crippen LogP contribution in [0.1, 0.15) is 17.2 Å². The average Bonchev–Trinajstić information content (AvgIpc) is 2.47. The molecule has 0 saturated heterocycles. The van der Waals surface area contributed by atoms with Gasteiger partial charge in [0.1, 0.15) is 5.69 Å². The van der Waals surface area contributed by atoms with Gasteiger partial charge in [-0.05, 0) is 36.2 Å². The Balaban J connectivity index is 2.30. The molecule has 0 aliphatic rings. The number of benzene rings is 2. The molecule has 6 heteroatoms. The molecular formula is C15H15ClN2O3. The number of aryl methyl sites for hydroxylation is 1. The van der Waals surface area contributed by atoms with Gasteiger partial charge in [0.05, 0.1) is 17.6 Å². The Morgan fingerprint density at radius 2 is 1.95 bits per heavy atom. The Hall–Kier alpha value is -2.11. The van der Waals surface area contributed by atoms with Crippen molar-refractivity contribution in [2.45, 2.75) is 13.0 Å². The third kappa shape index (κ3) is 3.71. The molecule has 1 atom stereocenters. The summed E-state index contributed by atoms with van der Waals surface area (Å²) in [7, 11) is 0. The number of rotatable bonds is 5. The van der Waals surface area contributed by atoms with Crippen molar-refractivity contribution < 1.29 is 10.0 Å². The molecule has 21 heavy (non-hydrogen) atoms. The molecule has 2 aromatic rings. The molecule has 1 unspecified atom stereocenters. The van der Waals surface area contributed by atoms with E-state index >= 15 is 0 Å². The molecule has 2 rings (SSSR count). The van der Waals surface area contributed by atoms with E-state index in [4.69, 9.17) is 11.6 Å². The summed E-state index contributed by atoms with van der Waals surface area (Å²) < 4.78 is 0. The van der Waals surface area contributed by atoms with Crippen molar-refractivity contribution >= 4 is 23.0 Å². The van der Waals surface area contributed by atoms with Gasteiger partial charge in [0.25, 0.3) is 5.69 Å². The normalized spacial score (nSPS) is 12.0. The average molecular weight is 307 g/mol. The maximum Gasteiger partial charge on any atom is 0.292 e. The lowest BCUT2D eigenvalue weighted by molar-refractivity contribution is -0.384. The lowest BCUT2D eigenvalue weighted by Gasteiger charge is -2.18. The van der Waals surface area contributed by atoms with Crippen molar-refractivity contribution in [2.75, 3.05) is 11.9 Å². The van der Waals surface area contributed by atoms with Gasteiger partial charge in [0.2, 0.25) is 0 Å². The number of nitrogens with one attached hydrogen (secondary N) is 1. The summed E-state index contributed by atoms with van der Waals surface area (Å²) in [6.45, 7) is 1.60. The second-order valence-corrected chi connectivity index (χ2v) is 5.15. The highest BCUT2D eigenvalue weighted by atomic mass is 35.5. The number of halogens is 1. The maximum atomic E-state index is 11.1. The van der Waals surface area contributed by atoms with Gasteiger partial charge in [0, 0.05) is 11.1 Å². The molecule has 0 aliphatic carbocycles. The van der Waals surface area contributed by atoms with E-state index in [0.29, 0.717) is 10.7 Å². The quantitative estimate of drug-likeness (QED) is 0.652. The van der Waals surface area contributed by atoms with Crippen molar-refractivity contribution in [2.24, 2.45) is 0 Å². The Labute approximate surface area is 127 Å². The van der Waals surface area contributed by atoms with Gasteiger partial charge in [-0.15, -0.1) is 0 Å². The molecule has 0 saturated carbocycles. The maximum absolute atomic E-state index is 11.1. The van der Waals surface area contributed by atoms with Gasteiger partial charge in [-0.1, -0.05) is 29.8 Å². The predicted molar refractivity (Wildman–Crippen MR) is 82.7 cm³/mol. The number of nitro benzene ring substituents is 1. The van der Waals surface area contributed by atoms with Crippen molar-refractivity contribution in [3.05, 3.63) is 68.7 Å². The highest BCUT2D eigenvalue weighted by Crippen LogP contribution is 2.29. The second kappa shape index (κ2) is 6.56. The van der Waals surface area contributed by atoms with E-state index in [-0.39, 0.29) is 12.3 Å². The first-order valence-corrected chi connectivity index (χ1v) is 6.77. The molecule has 110 valence electrons. The number of aliphatic hydroxyl groups is 1. The van der Waals surface area contributed by atoms with E-state index in [9.17, 15) is 15.2 Å². The lowest BCUT2D eigenvalue weighted by Crippen LogP contribution is -2.15. The van der Waals surface area contributed by atoms with Crippen LogP contribution in [-0.2, 0) is 0 Å². The van der Waals surface area contributed by atoms with E-state index in [1.165, 1.54) is 6.07 Å². The molecule has 0 fully saturated rings. The molecule has 0 aliphatic heterocycles. The van der Waals surface area contributed by atoms with Gasteiger partial charge in [-0.2, -0.15) is 0 Å². The zero-order valence-electron chi connectivity index (χ0n) is 11.4. The highest BCUT2D eigenvalue weighted by Gasteiger charge is 2.18. The third-order valence-electron chi connectivity index (χ3n) is 3.13. The minimum absolute atomic E-state index is 0.0117. The minimum atomic E-state index is -0.441. The molecule has 0 heterocycles. The zero-order valence-corrected chi connectivity index (χ0v) is 12.2. The summed E-state index contributed by atoms with van der Waals surface area (Å²) in [5.74, 6) is 0. The zero-order chi connectivity index (χ0) is 15.4. The Kier molecular flexibility index (Phi) is 4.77. The van der Waals surface area contributed by atoms with Gasteiger partial charge in [-0.25, -0.2) is 0 Å². The summed E-state index contributed by atoms with van der Waals surface area (Å²) in [5.41, 5.74) is 1.97. The summed E-state index contributed by atoms with van der Waals surface area (Å²) in [4.78, 5) is 10.7. The smallest absolute Gasteiger partial charge is 0.292 e. The molecular weight excluding hydrogens is 292 g/mol. The summed E-state index contributed by atoms with van der Waals surface area (Å²) >= 11 is 5.83. The number of hydrogen-bond donors (Lipinski definition) is 2. The van der Waals surface area contributed by atoms with Gasteiger partial charge < -0.3 is 10.4 Å². The molecule has 0 aromatic heterocycles. The van der Waals surface area contributed by atoms with Crippen LogP contribution in [0, 0.1) is 17.0 Å². The van der Waals surface area contributed by atoms with Crippen LogP contribution in [0.15, 0.2) is 42.5 Å². The number of nitro groups is 1. The number of aliphatic hydroxyl groups excluding tert-OH is 1. The number of nitrogens with zero attached hydrogens (tertiary/aromatic N) is 1. The van der Waals surface area contributed by atoms with Crippen LogP contribution < -0.4 is 5.32 Å². The third-order valence-corrected chi connectivity index (χ3v) is 3.39. The summed E-state index contributed by atoms with van der Waals surface area (Å²) in [5, 5.41) is 24.2. The van der Waals surface area contributed by atoms with Crippen molar-refractivity contribution in [3.63, 3.8) is 0 Å². The fraction of sp³-hybridized carbons (Fsp3) is 0.200. The Bertz CT molecular complexity index is 644. The van der Waals surface area contributed by atoms with E-state index in [1.54, 1.807) is 43.3 Å². The SMILES string of the molecule is Cc1ccc(NC(CO)c2ccc(Cl)cc2)c([N+](=O)[O-])c1. The van der Waals surface area contributed by atoms with Crippen molar-refractivity contribution in [1.82, 2.24) is 0 Å². The van der Waals surface area contributed by atoms with Gasteiger partial charge >= 0.3 is 0 Å². The second-order valence-electron chi connectivity index (χ2n) is 4.71. The van der Waals surface area contributed by atoms with Crippen LogP contribution in [0.3, 0.4) is 0 Å². The summed E-state index contributed by atoms with van der Waals surface area (Å²) in [6, 6.07) is 11.5. The first kappa shape index (κ1) is 15.3. The summed E-state index contributed by atoms with van der Waals surface area (Å²) in [6.07, 6.45) is 0. The molecule has 0 amide bonds. The lowest BCUT2D eigenvalue weighted by atomic mass is 10.1. The molecule has 0 radical (unpaired) electrons. The number of anilines is 1. The van der Waals surface area contributed by atoms with Crippen LogP contribution in [0.2, 0.25) is 5.02 Å². The standard InChI is InChI=1S/C15H15ClN2O3/c1-10-2-7-13(15(8-10)18(20)21)17-14(9-19)11-3-5-12(16)6-4-11/h2-8,14,17,19H,9H2,1H3. The van der Waals surface area contributed by atoms with Crippen molar-refractivity contribution in [1.29, 1.82) is 0 Å². The van der Waals surface area contributed by atoms with E-state index in [0.717, 1.165) is 11.1 Å². The fourth-order valence-corrected chi connectivity index (χ4v) is 2.16. The first-order chi connectivity index (χ1) is 10.0. The van der Waals surface area contributed by atoms with Crippen LogP contribution in [0.25, 0.3) is 0 Å². The predicted octanol–water partition coefficient (Wildman–Crippen LogP) is 3.70. The Morgan fingerprint density at radius 1 is 1.29 bits per heavy atom. The highest BCUT2D eigenvalue weighted by molar-refractivity contribution is 6.30. The molecule has 2 N–H and O–H groups in total. The van der Waals surface area contributed by atoms with Crippen LogP contribution in [0.5, 0.6) is 0 Å². The van der Waals surface area contributed by atoms with Gasteiger partial charge in [0.15, 0.2) is 0 Å². The van der Waals surface area contributed by atoms with E-state index < -0.39 is 11.0 Å². The topological polar surface area (TPSA) is 75.4 Å². The first-order valence-electron chi connectivity index (χ1n) is 6.39. The van der Waals surface area contributed by atoms with Crippen LogP contribution in [0.4, 0.5) is 11.4 Å². The Morgan fingerprint density at radius 3 is 2.52 bits per heavy atom. The molecule has 2 aromatic carbocycles. The fourth-order valence-electron chi connectivity index (χ4n) is 2.03. The largest absolute Gasteiger partial charge is 0.394 e. The number of hydrogen-bond acceptors (Lipinski definition) is 4. The van der Waals surface area contributed by atoms with E-state index in [2.05, 4.69) is 5.32 Å². The van der Waals surface area contributed by atoms with Crippen molar-refractivity contribution in [3.8, 4) is 0 Å².